The zero-order chi connectivity index (χ0) is 24.9. The maximum atomic E-state index is 13.9. The highest BCUT2D eigenvalue weighted by Crippen LogP contribution is 2.34. The zero-order valence-electron chi connectivity index (χ0n) is 20.9. The second kappa shape index (κ2) is 11.5. The van der Waals surface area contributed by atoms with Crippen LogP contribution in [0.1, 0.15) is 24.1 Å². The van der Waals surface area contributed by atoms with Crippen molar-refractivity contribution >= 4 is 0 Å². The van der Waals surface area contributed by atoms with Crippen LogP contribution in [0.3, 0.4) is 0 Å². The van der Waals surface area contributed by atoms with Gasteiger partial charge in [0.1, 0.15) is 11.6 Å². The van der Waals surface area contributed by atoms with Crippen molar-refractivity contribution in [1.29, 1.82) is 0 Å². The first-order chi connectivity index (χ1) is 17.5. The Morgan fingerprint density at radius 1 is 1.14 bits per heavy atom. The Balaban J connectivity index is 1.40. The van der Waals surface area contributed by atoms with E-state index >= 15 is 0 Å². The summed E-state index contributed by atoms with van der Waals surface area (Å²) in [6.45, 7) is 7.86. The monoisotopic (exact) mass is 494 g/mol. The van der Waals surface area contributed by atoms with Crippen LogP contribution >= 0.6 is 0 Å². The maximum Gasteiger partial charge on any atom is 0.227 e. The molecule has 36 heavy (non-hydrogen) atoms. The highest BCUT2D eigenvalue weighted by Gasteiger charge is 2.29. The second-order valence-corrected chi connectivity index (χ2v) is 9.88. The molecule has 7 nitrogen and oxygen atoms in total. The summed E-state index contributed by atoms with van der Waals surface area (Å²) in [6, 6.07) is 16.0. The molecule has 1 aliphatic heterocycles. The molecule has 2 heterocycles. The summed E-state index contributed by atoms with van der Waals surface area (Å²) in [5.41, 5.74) is 2.68. The SMILES string of the molecule is Cc1nn(-c2ccccc2)c(Oc2cccc(F)c2)c1CN(CC(O)CN1CCOCC1)CC1CC1. The quantitative estimate of drug-likeness (QED) is 0.435. The number of hydrogen-bond donors (Lipinski definition) is 1. The van der Waals surface area contributed by atoms with Crippen molar-refractivity contribution in [2.75, 3.05) is 45.9 Å². The molecule has 3 aromatic rings. The van der Waals surface area contributed by atoms with Gasteiger partial charge in [0.2, 0.25) is 5.88 Å². The van der Waals surface area contributed by atoms with E-state index in [1.165, 1.54) is 25.0 Å². The van der Waals surface area contributed by atoms with E-state index in [2.05, 4.69) is 9.80 Å². The third kappa shape index (κ3) is 6.50. The first-order valence-corrected chi connectivity index (χ1v) is 12.8. The van der Waals surface area contributed by atoms with E-state index in [4.69, 9.17) is 14.6 Å². The minimum absolute atomic E-state index is 0.349. The van der Waals surface area contributed by atoms with Gasteiger partial charge in [-0.15, -0.1) is 0 Å². The van der Waals surface area contributed by atoms with Crippen molar-refractivity contribution in [3.05, 3.63) is 71.7 Å². The fourth-order valence-electron chi connectivity index (χ4n) is 4.74. The fraction of sp³-hybridized carbons (Fsp3) is 0.464. The van der Waals surface area contributed by atoms with E-state index in [0.717, 1.165) is 49.8 Å². The lowest BCUT2D eigenvalue weighted by Gasteiger charge is -2.31. The number of β-amino-alcohol motifs (C(OH)–C–C–N with tert-alkyl or cyclic N) is 1. The largest absolute Gasteiger partial charge is 0.438 e. The summed E-state index contributed by atoms with van der Waals surface area (Å²) in [6.07, 6.45) is 1.99. The number of benzene rings is 2. The van der Waals surface area contributed by atoms with Crippen LogP contribution in [-0.2, 0) is 11.3 Å². The van der Waals surface area contributed by atoms with Crippen molar-refractivity contribution < 1.29 is 19.0 Å². The summed E-state index contributed by atoms with van der Waals surface area (Å²) in [4.78, 5) is 4.58. The molecular formula is C28H35FN4O3. The highest BCUT2D eigenvalue weighted by molar-refractivity contribution is 5.43. The molecule has 5 rings (SSSR count). The Hall–Kier alpha value is -2.78. The smallest absolute Gasteiger partial charge is 0.227 e. The fourth-order valence-corrected chi connectivity index (χ4v) is 4.74. The number of nitrogens with zero attached hydrogens (tertiary/aromatic N) is 4. The molecule has 192 valence electrons. The van der Waals surface area contributed by atoms with Crippen molar-refractivity contribution in [3.8, 4) is 17.3 Å². The van der Waals surface area contributed by atoms with Crippen LogP contribution < -0.4 is 4.74 Å². The first-order valence-electron chi connectivity index (χ1n) is 12.8. The minimum Gasteiger partial charge on any atom is -0.438 e. The van der Waals surface area contributed by atoms with Gasteiger partial charge in [0, 0.05) is 45.3 Å². The molecule has 2 aliphatic rings. The molecule has 1 N–H and O–H groups in total. The molecule has 1 atom stereocenters. The standard InChI is InChI=1S/C28H35FN4O3/c1-21-27(20-32(17-22-10-11-22)19-25(34)18-31-12-14-35-15-13-31)28(36-26-9-5-6-23(29)16-26)33(30-21)24-7-3-2-4-8-24/h2-9,16,22,25,34H,10-15,17-20H2,1H3. The van der Waals surface area contributed by atoms with E-state index in [1.807, 2.05) is 37.3 Å². The third-order valence-corrected chi connectivity index (χ3v) is 6.79. The maximum absolute atomic E-state index is 13.9. The molecule has 0 bridgehead atoms. The van der Waals surface area contributed by atoms with Crippen LogP contribution in [0.5, 0.6) is 11.6 Å². The predicted octanol–water partition coefficient (Wildman–Crippen LogP) is 4.02. The number of hydrogen-bond acceptors (Lipinski definition) is 6. The van der Waals surface area contributed by atoms with Crippen LogP contribution in [-0.4, -0.2) is 76.7 Å². The molecule has 0 spiro atoms. The number of aryl methyl sites for hydroxylation is 1. The minimum atomic E-state index is -0.459. The van der Waals surface area contributed by atoms with Crippen LogP contribution in [0.25, 0.3) is 5.69 Å². The lowest BCUT2D eigenvalue weighted by atomic mass is 10.2. The summed E-state index contributed by atoms with van der Waals surface area (Å²) in [7, 11) is 0. The van der Waals surface area contributed by atoms with Gasteiger partial charge in [0.15, 0.2) is 0 Å². The lowest BCUT2D eigenvalue weighted by Crippen LogP contribution is -2.44. The van der Waals surface area contributed by atoms with E-state index in [-0.39, 0.29) is 5.82 Å². The van der Waals surface area contributed by atoms with Gasteiger partial charge < -0.3 is 14.6 Å². The van der Waals surface area contributed by atoms with Gasteiger partial charge in [-0.3, -0.25) is 9.80 Å². The molecular weight excluding hydrogens is 459 g/mol. The molecule has 1 unspecified atom stereocenters. The molecule has 1 aromatic heterocycles. The molecule has 2 aromatic carbocycles. The van der Waals surface area contributed by atoms with Crippen molar-refractivity contribution in [3.63, 3.8) is 0 Å². The van der Waals surface area contributed by atoms with Gasteiger partial charge >= 0.3 is 0 Å². The van der Waals surface area contributed by atoms with E-state index in [0.29, 0.717) is 37.2 Å². The summed E-state index contributed by atoms with van der Waals surface area (Å²) in [5.74, 6) is 1.32. The van der Waals surface area contributed by atoms with Crippen LogP contribution in [0.15, 0.2) is 54.6 Å². The molecule has 1 aliphatic carbocycles. The number of morpholine rings is 1. The number of para-hydroxylation sites is 1. The molecule has 2 fully saturated rings. The van der Waals surface area contributed by atoms with Crippen LogP contribution in [0.4, 0.5) is 4.39 Å². The highest BCUT2D eigenvalue weighted by atomic mass is 19.1. The Morgan fingerprint density at radius 2 is 1.92 bits per heavy atom. The Morgan fingerprint density at radius 3 is 2.64 bits per heavy atom. The zero-order valence-corrected chi connectivity index (χ0v) is 20.9. The average Bonchev–Trinajstić information content (AvgIpc) is 3.64. The second-order valence-electron chi connectivity index (χ2n) is 9.88. The van der Waals surface area contributed by atoms with E-state index in [9.17, 15) is 9.50 Å². The van der Waals surface area contributed by atoms with Crippen molar-refractivity contribution in [2.45, 2.75) is 32.4 Å². The Labute approximate surface area is 212 Å². The van der Waals surface area contributed by atoms with Gasteiger partial charge in [-0.25, -0.2) is 9.07 Å². The van der Waals surface area contributed by atoms with Crippen molar-refractivity contribution in [1.82, 2.24) is 19.6 Å². The number of rotatable bonds is 11. The van der Waals surface area contributed by atoms with E-state index in [1.54, 1.807) is 16.8 Å². The molecule has 0 amide bonds. The first kappa shape index (κ1) is 24.9. The average molecular weight is 495 g/mol. The number of halogens is 1. The number of ether oxygens (including phenoxy) is 2. The van der Waals surface area contributed by atoms with E-state index < -0.39 is 6.10 Å². The van der Waals surface area contributed by atoms with Gasteiger partial charge in [0.05, 0.1) is 36.3 Å². The Bertz CT molecular complexity index is 1130. The predicted molar refractivity (Wildman–Crippen MR) is 136 cm³/mol. The lowest BCUT2D eigenvalue weighted by molar-refractivity contribution is 0.00585. The van der Waals surface area contributed by atoms with Crippen LogP contribution in [0, 0.1) is 18.7 Å². The van der Waals surface area contributed by atoms with Gasteiger partial charge in [0.25, 0.3) is 0 Å². The van der Waals surface area contributed by atoms with Gasteiger partial charge in [-0.1, -0.05) is 24.3 Å². The molecule has 1 saturated heterocycles. The van der Waals surface area contributed by atoms with Crippen LogP contribution in [0.2, 0.25) is 0 Å². The number of aliphatic hydroxyl groups is 1. The van der Waals surface area contributed by atoms with Gasteiger partial charge in [-0.2, -0.15) is 5.10 Å². The summed E-state index contributed by atoms with van der Waals surface area (Å²) in [5, 5.41) is 15.8. The summed E-state index contributed by atoms with van der Waals surface area (Å²) >= 11 is 0. The Kier molecular flexibility index (Phi) is 7.96. The summed E-state index contributed by atoms with van der Waals surface area (Å²) < 4.78 is 27.5. The molecule has 8 heteroatoms. The molecule has 1 saturated carbocycles. The number of aliphatic hydroxyl groups excluding tert-OH is 1. The third-order valence-electron chi connectivity index (χ3n) is 6.79. The molecule has 0 radical (unpaired) electrons. The topological polar surface area (TPSA) is 63.0 Å². The van der Waals surface area contributed by atoms with Crippen molar-refractivity contribution in [2.24, 2.45) is 5.92 Å². The number of aromatic nitrogens is 2. The normalized spacial score (nSPS) is 17.4. The van der Waals surface area contributed by atoms with Gasteiger partial charge in [-0.05, 0) is 49.9 Å².